The van der Waals surface area contributed by atoms with Gasteiger partial charge in [-0.05, 0) is 12.5 Å². The molecule has 4 N–H and O–H groups in total. The second kappa shape index (κ2) is 4.55. The molecule has 0 heterocycles. The van der Waals surface area contributed by atoms with E-state index in [2.05, 4.69) is 0 Å². The van der Waals surface area contributed by atoms with Crippen LogP contribution >= 0.6 is 0 Å². The minimum absolute atomic E-state index is 0.129. The number of nitrogens with two attached hydrogens (primary N) is 2. The third kappa shape index (κ3) is 3.11. The average molecular weight is 261 g/mol. The summed E-state index contributed by atoms with van der Waals surface area (Å²) in [4.78, 5) is 9.65. The number of hydrogen-bond acceptors (Lipinski definition) is 5. The van der Waals surface area contributed by atoms with Crippen molar-refractivity contribution in [2.75, 3.05) is 0 Å². The Kier molecular flexibility index (Phi) is 3.70. The highest BCUT2D eigenvalue weighted by Gasteiger charge is 2.36. The van der Waals surface area contributed by atoms with E-state index in [9.17, 15) is 18.5 Å². The molecule has 1 aliphatic rings. The number of hydrogen-bond donors (Lipinski definition) is 2. The first kappa shape index (κ1) is 13.8. The molecule has 1 rings (SSSR count). The smallest absolute Gasteiger partial charge is 0.268 e. The lowest BCUT2D eigenvalue weighted by molar-refractivity contribution is -0.429. The van der Waals surface area contributed by atoms with Gasteiger partial charge in [-0.1, -0.05) is 19.4 Å². The summed E-state index contributed by atoms with van der Waals surface area (Å²) in [5, 5.41) is 15.8. The van der Waals surface area contributed by atoms with Crippen LogP contribution in [-0.4, -0.2) is 18.9 Å². The SMILES string of the molecule is CCCC1(N)C=CC(S(N)(=O)=O)=C([N+](=O)[O-])C1. The first-order valence-electron chi connectivity index (χ1n) is 5.08. The molecular weight excluding hydrogens is 246 g/mol. The van der Waals surface area contributed by atoms with Gasteiger partial charge in [-0.15, -0.1) is 0 Å². The van der Waals surface area contributed by atoms with Crippen LogP contribution in [0.15, 0.2) is 22.8 Å². The molecule has 0 amide bonds. The second-order valence-corrected chi connectivity index (χ2v) is 5.64. The van der Waals surface area contributed by atoms with Crippen molar-refractivity contribution in [3.63, 3.8) is 0 Å². The van der Waals surface area contributed by atoms with Gasteiger partial charge >= 0.3 is 0 Å². The maximum absolute atomic E-state index is 11.2. The Morgan fingerprint density at radius 1 is 1.59 bits per heavy atom. The zero-order chi connectivity index (χ0) is 13.3. The number of sulfonamides is 1. The van der Waals surface area contributed by atoms with Gasteiger partial charge in [-0.25, -0.2) is 13.6 Å². The number of primary sulfonamides is 1. The summed E-state index contributed by atoms with van der Waals surface area (Å²) < 4.78 is 22.4. The monoisotopic (exact) mass is 261 g/mol. The number of allylic oxidation sites excluding steroid dienone is 1. The molecule has 17 heavy (non-hydrogen) atoms. The van der Waals surface area contributed by atoms with Gasteiger partial charge in [-0.3, -0.25) is 10.1 Å². The predicted molar refractivity (Wildman–Crippen MR) is 62.7 cm³/mol. The molecule has 1 unspecified atom stereocenters. The van der Waals surface area contributed by atoms with Crippen molar-refractivity contribution in [3.8, 4) is 0 Å². The Morgan fingerprint density at radius 2 is 2.18 bits per heavy atom. The molecule has 0 aliphatic heterocycles. The first-order chi connectivity index (χ1) is 7.69. The minimum atomic E-state index is -4.09. The Morgan fingerprint density at radius 3 is 2.59 bits per heavy atom. The van der Waals surface area contributed by atoms with Crippen LogP contribution in [0, 0.1) is 10.1 Å². The highest BCUT2D eigenvalue weighted by molar-refractivity contribution is 7.93. The van der Waals surface area contributed by atoms with Crippen molar-refractivity contribution in [2.45, 2.75) is 31.7 Å². The molecule has 0 aromatic carbocycles. The Balaban J connectivity index is 3.23. The molecule has 0 fully saturated rings. The normalized spacial score (nSPS) is 25.1. The first-order valence-corrected chi connectivity index (χ1v) is 6.63. The van der Waals surface area contributed by atoms with Crippen LogP contribution in [0.4, 0.5) is 0 Å². The van der Waals surface area contributed by atoms with Gasteiger partial charge in [0.2, 0.25) is 10.0 Å². The summed E-state index contributed by atoms with van der Waals surface area (Å²) in [6, 6.07) is 0. The van der Waals surface area contributed by atoms with Gasteiger partial charge < -0.3 is 5.73 Å². The highest BCUT2D eigenvalue weighted by atomic mass is 32.2. The van der Waals surface area contributed by atoms with Crippen molar-refractivity contribution in [1.29, 1.82) is 0 Å². The molecule has 96 valence electrons. The van der Waals surface area contributed by atoms with Crippen LogP contribution in [0.5, 0.6) is 0 Å². The van der Waals surface area contributed by atoms with Crippen molar-refractivity contribution in [2.24, 2.45) is 10.9 Å². The number of rotatable bonds is 4. The second-order valence-electron chi connectivity index (χ2n) is 4.11. The Hall–Kier alpha value is -1.25. The van der Waals surface area contributed by atoms with Crippen molar-refractivity contribution >= 4 is 10.0 Å². The van der Waals surface area contributed by atoms with Crippen LogP contribution in [0.25, 0.3) is 0 Å². The number of nitro groups is 1. The molecule has 7 nitrogen and oxygen atoms in total. The molecule has 0 saturated heterocycles. The summed E-state index contributed by atoms with van der Waals surface area (Å²) in [6.07, 6.45) is 3.77. The summed E-state index contributed by atoms with van der Waals surface area (Å²) in [7, 11) is -4.09. The van der Waals surface area contributed by atoms with Gasteiger partial charge in [0.05, 0.1) is 11.3 Å². The van der Waals surface area contributed by atoms with E-state index in [0.717, 1.165) is 12.5 Å². The zero-order valence-electron chi connectivity index (χ0n) is 9.42. The molecule has 8 heteroatoms. The van der Waals surface area contributed by atoms with Gasteiger partial charge in [0.15, 0.2) is 4.91 Å². The molecule has 0 saturated carbocycles. The van der Waals surface area contributed by atoms with E-state index < -0.39 is 31.1 Å². The fourth-order valence-corrected chi connectivity index (χ4v) is 2.58. The van der Waals surface area contributed by atoms with Gasteiger partial charge in [0.1, 0.15) is 0 Å². The van der Waals surface area contributed by atoms with Crippen LogP contribution in [-0.2, 0) is 10.0 Å². The van der Waals surface area contributed by atoms with E-state index in [1.165, 1.54) is 6.08 Å². The maximum atomic E-state index is 11.2. The van der Waals surface area contributed by atoms with Crippen molar-refractivity contribution in [3.05, 3.63) is 32.9 Å². The summed E-state index contributed by atoms with van der Waals surface area (Å²) in [5.41, 5.74) is 4.63. The zero-order valence-corrected chi connectivity index (χ0v) is 10.2. The molecule has 0 bridgehead atoms. The lowest BCUT2D eigenvalue weighted by atomic mass is 9.86. The third-order valence-corrected chi connectivity index (χ3v) is 3.57. The highest BCUT2D eigenvalue weighted by Crippen LogP contribution is 2.30. The van der Waals surface area contributed by atoms with E-state index in [1.807, 2.05) is 6.92 Å². The molecule has 1 aliphatic carbocycles. The molecule has 1 atom stereocenters. The fourth-order valence-electron chi connectivity index (χ4n) is 1.85. The van der Waals surface area contributed by atoms with Gasteiger partial charge in [-0.2, -0.15) is 0 Å². The summed E-state index contributed by atoms with van der Waals surface area (Å²) >= 11 is 0. The fraction of sp³-hybridized carbons (Fsp3) is 0.556. The quantitative estimate of drug-likeness (QED) is 0.552. The third-order valence-electron chi connectivity index (χ3n) is 2.59. The largest absolute Gasteiger partial charge is 0.321 e. The topological polar surface area (TPSA) is 129 Å². The number of nitrogens with zero attached hydrogens (tertiary/aromatic N) is 1. The molecule has 0 radical (unpaired) electrons. The molecule has 0 aromatic rings. The molecule has 0 aromatic heterocycles. The molecular formula is C9H15N3O4S. The maximum Gasteiger partial charge on any atom is 0.268 e. The van der Waals surface area contributed by atoms with Crippen molar-refractivity contribution in [1.82, 2.24) is 0 Å². The lowest BCUT2D eigenvalue weighted by Crippen LogP contribution is -2.41. The summed E-state index contributed by atoms with van der Waals surface area (Å²) in [6.45, 7) is 1.90. The van der Waals surface area contributed by atoms with Crippen LogP contribution < -0.4 is 10.9 Å². The van der Waals surface area contributed by atoms with Crippen LogP contribution in [0.1, 0.15) is 26.2 Å². The predicted octanol–water partition coefficient (Wildman–Crippen LogP) is 0.221. The Bertz CT molecular complexity index is 494. The van der Waals surface area contributed by atoms with Crippen LogP contribution in [0.3, 0.4) is 0 Å². The van der Waals surface area contributed by atoms with E-state index in [-0.39, 0.29) is 6.42 Å². The summed E-state index contributed by atoms with van der Waals surface area (Å²) in [5.74, 6) is 0. The van der Waals surface area contributed by atoms with E-state index in [4.69, 9.17) is 10.9 Å². The van der Waals surface area contributed by atoms with Gasteiger partial charge in [0.25, 0.3) is 5.70 Å². The van der Waals surface area contributed by atoms with Gasteiger partial charge in [0, 0.05) is 5.54 Å². The molecule has 0 spiro atoms. The minimum Gasteiger partial charge on any atom is -0.321 e. The van der Waals surface area contributed by atoms with E-state index in [0.29, 0.717) is 6.42 Å². The Labute approximate surface area is 99.4 Å². The average Bonchev–Trinajstić information content (AvgIpc) is 2.15. The van der Waals surface area contributed by atoms with Crippen molar-refractivity contribution < 1.29 is 13.3 Å². The van der Waals surface area contributed by atoms with Crippen LogP contribution in [0.2, 0.25) is 0 Å². The van der Waals surface area contributed by atoms with E-state index >= 15 is 0 Å². The lowest BCUT2D eigenvalue weighted by Gasteiger charge is -2.27. The van der Waals surface area contributed by atoms with E-state index in [1.54, 1.807) is 0 Å². The standard InChI is InChI=1S/C9H15N3O4S/c1-2-4-9(10)5-3-8(17(11,15)16)7(6-9)12(13)14/h3,5H,2,4,6,10H2,1H3,(H2,11,15,16).